The predicted molar refractivity (Wildman–Crippen MR) is 183 cm³/mol. The molecule has 208 valence electrons. The molecule has 1 aliphatic carbocycles. The lowest BCUT2D eigenvalue weighted by molar-refractivity contribution is 0.509. The number of halogens is 1. The zero-order valence-corrected chi connectivity index (χ0v) is 24.6. The van der Waals surface area contributed by atoms with Crippen molar-refractivity contribution < 1.29 is 4.74 Å². The number of para-hydroxylation sites is 1. The highest BCUT2D eigenvalue weighted by Crippen LogP contribution is 2.39. The van der Waals surface area contributed by atoms with Crippen LogP contribution in [0.2, 0.25) is 0 Å². The van der Waals surface area contributed by atoms with Crippen LogP contribution in [0.4, 0.5) is 0 Å². The Labute approximate surface area is 258 Å². The van der Waals surface area contributed by atoms with E-state index in [-0.39, 0.29) is 0 Å². The van der Waals surface area contributed by atoms with E-state index in [1.54, 1.807) is 0 Å². The van der Waals surface area contributed by atoms with Gasteiger partial charge >= 0.3 is 0 Å². The normalized spacial score (nSPS) is 16.9. The number of benzene rings is 5. The van der Waals surface area contributed by atoms with Crippen LogP contribution in [0.3, 0.4) is 0 Å². The summed E-state index contributed by atoms with van der Waals surface area (Å²) in [5, 5.41) is 3.33. The fourth-order valence-corrected chi connectivity index (χ4v) is 6.22. The minimum Gasteiger partial charge on any atom is -0.456 e. The van der Waals surface area contributed by atoms with E-state index in [4.69, 9.17) is 16.3 Å². The molecule has 7 rings (SSSR count). The highest BCUT2D eigenvalue weighted by molar-refractivity contribution is 6.32. The van der Waals surface area contributed by atoms with Crippen molar-refractivity contribution in [3.63, 3.8) is 0 Å². The summed E-state index contributed by atoms with van der Waals surface area (Å²) < 4.78 is 6.27. The summed E-state index contributed by atoms with van der Waals surface area (Å²) in [6.07, 6.45) is 14.0. The van der Waals surface area contributed by atoms with Crippen molar-refractivity contribution in [1.29, 1.82) is 0 Å². The SMILES string of the molecule is ClC1=C(/C=C/c2cc(-c3ccccc3)cc3ccccc23)CCCC1=C/C=C1/C=C(c2ccccc2)Oc2ccccc21. The van der Waals surface area contributed by atoms with E-state index in [1.807, 2.05) is 30.3 Å². The first kappa shape index (κ1) is 27.0. The van der Waals surface area contributed by atoms with E-state index in [0.29, 0.717) is 0 Å². The zero-order valence-electron chi connectivity index (χ0n) is 23.8. The fraction of sp³-hybridized carbons (Fsp3) is 0.0732. The third-order valence-electron chi connectivity index (χ3n) is 8.15. The molecular weight excluding hydrogens is 544 g/mol. The van der Waals surface area contributed by atoms with Gasteiger partial charge in [0.05, 0.1) is 0 Å². The monoisotopic (exact) mass is 574 g/mol. The standard InChI is InChI=1S/C41H31ClO/c42-41-31(22-24-34-27-36(29-12-3-1-4-13-29)26-33-16-7-8-19-37(33)34)17-11-18-32(41)23-25-35-28-40(30-14-5-2-6-15-30)43-39-21-10-9-20-38(35)39/h1-10,12-16,19-28H,11,17-18H2/b24-22+,32-23?,35-25-. The molecule has 0 radical (unpaired) electrons. The van der Waals surface area contributed by atoms with Gasteiger partial charge in [-0.3, -0.25) is 0 Å². The van der Waals surface area contributed by atoms with Crippen LogP contribution in [-0.4, -0.2) is 0 Å². The Morgan fingerprint density at radius 2 is 1.35 bits per heavy atom. The number of allylic oxidation sites excluding steroid dienone is 8. The van der Waals surface area contributed by atoms with Gasteiger partial charge in [0.1, 0.15) is 11.5 Å². The molecule has 0 spiro atoms. The Balaban J connectivity index is 1.24. The maximum atomic E-state index is 7.09. The molecular formula is C41H31ClO. The molecule has 0 fully saturated rings. The fourth-order valence-electron chi connectivity index (χ4n) is 5.91. The lowest BCUT2D eigenvalue weighted by Gasteiger charge is -2.21. The molecule has 5 aromatic rings. The average molecular weight is 575 g/mol. The summed E-state index contributed by atoms with van der Waals surface area (Å²) in [5.74, 6) is 1.72. The Kier molecular flexibility index (Phi) is 7.65. The van der Waals surface area contributed by atoms with Crippen LogP contribution in [0.5, 0.6) is 5.75 Å². The Bertz CT molecular complexity index is 1960. The van der Waals surface area contributed by atoms with Gasteiger partial charge in [-0.2, -0.15) is 0 Å². The molecule has 2 aliphatic rings. The minimum atomic E-state index is 0.850. The van der Waals surface area contributed by atoms with Gasteiger partial charge in [-0.25, -0.2) is 0 Å². The van der Waals surface area contributed by atoms with E-state index in [2.05, 4.69) is 121 Å². The molecule has 1 aliphatic heterocycles. The van der Waals surface area contributed by atoms with Crippen LogP contribution in [-0.2, 0) is 0 Å². The number of hydrogen-bond acceptors (Lipinski definition) is 1. The number of fused-ring (bicyclic) bond motifs is 2. The molecule has 0 atom stereocenters. The second kappa shape index (κ2) is 12.2. The van der Waals surface area contributed by atoms with Gasteiger partial charge in [-0.1, -0.05) is 139 Å². The van der Waals surface area contributed by atoms with Gasteiger partial charge < -0.3 is 4.74 Å². The van der Waals surface area contributed by atoms with Crippen molar-refractivity contribution in [2.24, 2.45) is 0 Å². The Hall–Kier alpha value is -4.85. The first-order chi connectivity index (χ1) is 21.2. The lowest BCUT2D eigenvalue weighted by Crippen LogP contribution is -2.03. The molecule has 0 amide bonds. The molecule has 0 aromatic heterocycles. The van der Waals surface area contributed by atoms with Crippen molar-refractivity contribution in [2.45, 2.75) is 19.3 Å². The smallest absolute Gasteiger partial charge is 0.135 e. The van der Waals surface area contributed by atoms with Crippen molar-refractivity contribution >= 4 is 39.8 Å². The zero-order chi connectivity index (χ0) is 29.0. The predicted octanol–water partition coefficient (Wildman–Crippen LogP) is 11.6. The summed E-state index contributed by atoms with van der Waals surface area (Å²) in [6.45, 7) is 0. The van der Waals surface area contributed by atoms with Crippen molar-refractivity contribution in [3.05, 3.63) is 179 Å². The number of hydrogen-bond donors (Lipinski definition) is 0. The minimum absolute atomic E-state index is 0.850. The summed E-state index contributed by atoms with van der Waals surface area (Å²) in [4.78, 5) is 0. The number of rotatable bonds is 5. The van der Waals surface area contributed by atoms with Crippen LogP contribution in [0.1, 0.15) is 36.0 Å². The number of ether oxygens (including phenoxy) is 1. The first-order valence-electron chi connectivity index (χ1n) is 14.8. The van der Waals surface area contributed by atoms with Crippen LogP contribution in [0.25, 0.3) is 39.3 Å². The van der Waals surface area contributed by atoms with Crippen LogP contribution in [0, 0.1) is 0 Å². The second-order valence-electron chi connectivity index (χ2n) is 11.0. The van der Waals surface area contributed by atoms with Gasteiger partial charge in [0.2, 0.25) is 0 Å². The van der Waals surface area contributed by atoms with Crippen molar-refractivity contribution in [2.75, 3.05) is 0 Å². The third kappa shape index (κ3) is 5.78. The van der Waals surface area contributed by atoms with Crippen LogP contribution in [0.15, 0.2) is 162 Å². The van der Waals surface area contributed by atoms with Gasteiger partial charge in [0.15, 0.2) is 0 Å². The van der Waals surface area contributed by atoms with Crippen molar-refractivity contribution in [3.8, 4) is 16.9 Å². The summed E-state index contributed by atoms with van der Waals surface area (Å²) in [5.41, 5.74) is 9.24. The summed E-state index contributed by atoms with van der Waals surface area (Å²) in [6, 6.07) is 42.2. The van der Waals surface area contributed by atoms with Gasteiger partial charge in [-0.05, 0) is 87.7 Å². The molecule has 43 heavy (non-hydrogen) atoms. The van der Waals surface area contributed by atoms with Crippen LogP contribution >= 0.6 is 11.6 Å². The highest BCUT2D eigenvalue weighted by Gasteiger charge is 2.18. The molecule has 0 saturated carbocycles. The quantitative estimate of drug-likeness (QED) is 0.203. The molecule has 5 aromatic carbocycles. The van der Waals surface area contributed by atoms with E-state index in [0.717, 1.165) is 52.5 Å². The average Bonchev–Trinajstić information content (AvgIpc) is 3.07. The largest absolute Gasteiger partial charge is 0.456 e. The topological polar surface area (TPSA) is 9.23 Å². The highest BCUT2D eigenvalue weighted by atomic mass is 35.5. The third-order valence-corrected chi connectivity index (χ3v) is 8.63. The molecule has 0 saturated heterocycles. The van der Waals surface area contributed by atoms with Crippen molar-refractivity contribution in [1.82, 2.24) is 0 Å². The van der Waals surface area contributed by atoms with E-state index < -0.39 is 0 Å². The van der Waals surface area contributed by atoms with E-state index >= 15 is 0 Å². The second-order valence-corrected chi connectivity index (χ2v) is 11.3. The Morgan fingerprint density at radius 3 is 2.19 bits per heavy atom. The molecule has 2 heteroatoms. The summed E-state index contributed by atoms with van der Waals surface area (Å²) in [7, 11) is 0. The van der Waals surface area contributed by atoms with Gasteiger partial charge in [0.25, 0.3) is 0 Å². The maximum Gasteiger partial charge on any atom is 0.135 e. The maximum absolute atomic E-state index is 7.09. The lowest BCUT2D eigenvalue weighted by atomic mass is 9.92. The molecule has 0 N–H and O–H groups in total. The molecule has 1 heterocycles. The Morgan fingerprint density at radius 1 is 0.628 bits per heavy atom. The molecule has 0 unspecified atom stereocenters. The summed E-state index contributed by atoms with van der Waals surface area (Å²) >= 11 is 7.09. The van der Waals surface area contributed by atoms with Gasteiger partial charge in [-0.15, -0.1) is 0 Å². The molecule has 1 nitrogen and oxygen atoms in total. The van der Waals surface area contributed by atoms with E-state index in [1.165, 1.54) is 38.6 Å². The van der Waals surface area contributed by atoms with E-state index in [9.17, 15) is 0 Å². The first-order valence-corrected chi connectivity index (χ1v) is 15.2. The van der Waals surface area contributed by atoms with Crippen LogP contribution < -0.4 is 4.74 Å². The van der Waals surface area contributed by atoms with Gasteiger partial charge in [0, 0.05) is 16.2 Å². The molecule has 0 bridgehead atoms.